The topological polar surface area (TPSA) is 82.1 Å². The summed E-state index contributed by atoms with van der Waals surface area (Å²) in [5.74, 6) is -1.09. The van der Waals surface area contributed by atoms with Crippen LogP contribution in [0.25, 0.3) is 0 Å². The Morgan fingerprint density at radius 2 is 1.75 bits per heavy atom. The molecule has 16 heavy (non-hydrogen) atoms. The van der Waals surface area contributed by atoms with Gasteiger partial charge in [0, 0.05) is 19.2 Å². The number of ether oxygens (including phenoxy) is 3. The third kappa shape index (κ3) is 3.16. The number of carbonyl (C=O) groups is 2. The van der Waals surface area contributed by atoms with E-state index in [-0.39, 0.29) is 0 Å². The number of aliphatic hydroxyl groups is 1. The second-order valence-electron chi connectivity index (χ2n) is 3.37. The summed E-state index contributed by atoms with van der Waals surface area (Å²) in [7, 11) is 0. The lowest BCUT2D eigenvalue weighted by molar-refractivity contribution is -0.174. The van der Waals surface area contributed by atoms with Gasteiger partial charge in [-0.15, -0.1) is 0 Å². The van der Waals surface area contributed by atoms with Gasteiger partial charge in [-0.05, 0) is 0 Å². The van der Waals surface area contributed by atoms with Crippen molar-refractivity contribution in [2.45, 2.75) is 38.4 Å². The van der Waals surface area contributed by atoms with Crippen LogP contribution in [-0.4, -0.2) is 47.0 Å². The van der Waals surface area contributed by atoms with Crippen LogP contribution in [0.2, 0.25) is 0 Å². The van der Waals surface area contributed by atoms with Crippen LogP contribution >= 0.6 is 15.9 Å². The van der Waals surface area contributed by atoms with Crippen molar-refractivity contribution in [2.24, 2.45) is 0 Å². The van der Waals surface area contributed by atoms with Gasteiger partial charge in [0.15, 0.2) is 18.5 Å². The highest BCUT2D eigenvalue weighted by atomic mass is 79.9. The SMILES string of the molecule is CC(=O)O[C@@H]1[C@H](OC(C)=O)[C@@H](CBr)O[C@@H]1O. The van der Waals surface area contributed by atoms with Crippen molar-refractivity contribution in [3.8, 4) is 0 Å². The van der Waals surface area contributed by atoms with Crippen LogP contribution in [0.15, 0.2) is 0 Å². The average molecular weight is 297 g/mol. The minimum atomic E-state index is -1.28. The Labute approximate surface area is 101 Å². The number of hydrogen-bond donors (Lipinski definition) is 1. The maximum absolute atomic E-state index is 10.9. The number of esters is 2. The van der Waals surface area contributed by atoms with E-state index in [1.54, 1.807) is 0 Å². The lowest BCUT2D eigenvalue weighted by atomic mass is 10.1. The Morgan fingerprint density at radius 1 is 1.25 bits per heavy atom. The van der Waals surface area contributed by atoms with Crippen molar-refractivity contribution in [1.82, 2.24) is 0 Å². The molecule has 0 aromatic heterocycles. The summed E-state index contributed by atoms with van der Waals surface area (Å²) >= 11 is 3.16. The van der Waals surface area contributed by atoms with E-state index in [9.17, 15) is 14.7 Å². The first-order valence-electron chi connectivity index (χ1n) is 4.69. The zero-order valence-electron chi connectivity index (χ0n) is 8.88. The van der Waals surface area contributed by atoms with Crippen LogP contribution in [0, 0.1) is 0 Å². The molecule has 1 rings (SSSR count). The Bertz CT molecular complexity index is 281. The molecule has 1 fully saturated rings. The largest absolute Gasteiger partial charge is 0.456 e. The first kappa shape index (κ1) is 13.4. The molecular formula is C9H13BrO6. The fourth-order valence-electron chi connectivity index (χ4n) is 1.48. The maximum atomic E-state index is 10.9. The summed E-state index contributed by atoms with van der Waals surface area (Å²) in [6.45, 7) is 2.44. The Morgan fingerprint density at radius 3 is 2.19 bits per heavy atom. The highest BCUT2D eigenvalue weighted by molar-refractivity contribution is 9.09. The van der Waals surface area contributed by atoms with Gasteiger partial charge in [-0.1, -0.05) is 15.9 Å². The first-order valence-corrected chi connectivity index (χ1v) is 5.81. The van der Waals surface area contributed by atoms with Gasteiger partial charge in [-0.3, -0.25) is 9.59 Å². The van der Waals surface area contributed by atoms with Crippen molar-refractivity contribution < 1.29 is 28.9 Å². The Balaban J connectivity index is 2.76. The molecule has 0 bridgehead atoms. The zero-order valence-corrected chi connectivity index (χ0v) is 10.5. The van der Waals surface area contributed by atoms with E-state index < -0.39 is 36.5 Å². The van der Waals surface area contributed by atoms with E-state index in [2.05, 4.69) is 15.9 Å². The van der Waals surface area contributed by atoms with Gasteiger partial charge in [0.05, 0.1) is 0 Å². The number of rotatable bonds is 3. The molecule has 0 aromatic carbocycles. The first-order chi connectivity index (χ1) is 7.45. The van der Waals surface area contributed by atoms with Crippen molar-refractivity contribution in [3.05, 3.63) is 0 Å². The molecule has 1 saturated heterocycles. The number of carbonyl (C=O) groups excluding carboxylic acids is 2. The maximum Gasteiger partial charge on any atom is 0.303 e. The number of alkyl halides is 1. The van der Waals surface area contributed by atoms with Gasteiger partial charge in [0.2, 0.25) is 0 Å². The monoisotopic (exact) mass is 296 g/mol. The molecule has 1 N–H and O–H groups in total. The molecule has 1 aliphatic rings. The molecule has 0 radical (unpaired) electrons. The van der Waals surface area contributed by atoms with Crippen LogP contribution in [0.5, 0.6) is 0 Å². The van der Waals surface area contributed by atoms with Crippen LogP contribution < -0.4 is 0 Å². The zero-order chi connectivity index (χ0) is 12.3. The third-order valence-corrected chi connectivity index (χ3v) is 2.68. The number of aliphatic hydroxyl groups excluding tert-OH is 1. The molecule has 6 nitrogen and oxygen atoms in total. The minimum Gasteiger partial charge on any atom is -0.456 e. The summed E-state index contributed by atoms with van der Waals surface area (Å²) in [5.41, 5.74) is 0. The molecular weight excluding hydrogens is 284 g/mol. The third-order valence-electron chi connectivity index (χ3n) is 2.04. The molecule has 92 valence electrons. The van der Waals surface area contributed by atoms with Crippen LogP contribution in [0.1, 0.15) is 13.8 Å². The van der Waals surface area contributed by atoms with E-state index in [1.807, 2.05) is 0 Å². The molecule has 4 atom stereocenters. The van der Waals surface area contributed by atoms with Gasteiger partial charge < -0.3 is 19.3 Å². The summed E-state index contributed by atoms with van der Waals surface area (Å²) in [4.78, 5) is 21.7. The van der Waals surface area contributed by atoms with E-state index >= 15 is 0 Å². The molecule has 0 unspecified atom stereocenters. The lowest BCUT2D eigenvalue weighted by Gasteiger charge is -2.21. The van der Waals surface area contributed by atoms with Crippen LogP contribution in [0.4, 0.5) is 0 Å². The number of halogens is 1. The predicted molar refractivity (Wildman–Crippen MR) is 55.8 cm³/mol. The van der Waals surface area contributed by atoms with Crippen molar-refractivity contribution in [2.75, 3.05) is 5.33 Å². The average Bonchev–Trinajstić information content (AvgIpc) is 2.44. The van der Waals surface area contributed by atoms with Crippen LogP contribution in [0.3, 0.4) is 0 Å². The molecule has 1 heterocycles. The summed E-state index contributed by atoms with van der Waals surface area (Å²) < 4.78 is 14.9. The second-order valence-corrected chi connectivity index (χ2v) is 4.01. The van der Waals surface area contributed by atoms with Crippen molar-refractivity contribution >= 4 is 27.9 Å². The van der Waals surface area contributed by atoms with E-state index in [1.165, 1.54) is 13.8 Å². The van der Waals surface area contributed by atoms with Crippen LogP contribution in [-0.2, 0) is 23.8 Å². The highest BCUT2D eigenvalue weighted by Gasteiger charge is 2.47. The standard InChI is InChI=1S/C9H13BrO6/c1-4(11)14-7-6(3-10)16-9(13)8(7)15-5(2)12/h6-9,13H,3H2,1-2H3/t6-,7-,8-,9+/m1/s1. The van der Waals surface area contributed by atoms with Gasteiger partial charge >= 0.3 is 11.9 Å². The molecule has 0 aromatic rings. The predicted octanol–water partition coefficient (Wildman–Crippen LogP) is -0.0381. The van der Waals surface area contributed by atoms with Crippen molar-refractivity contribution in [1.29, 1.82) is 0 Å². The molecule has 0 aliphatic carbocycles. The van der Waals surface area contributed by atoms with Gasteiger partial charge in [0.1, 0.15) is 6.10 Å². The molecule has 0 saturated carbocycles. The van der Waals surface area contributed by atoms with Crippen molar-refractivity contribution in [3.63, 3.8) is 0 Å². The minimum absolute atomic E-state index is 0.361. The van der Waals surface area contributed by atoms with E-state index in [0.717, 1.165) is 0 Å². The van der Waals surface area contributed by atoms with E-state index in [0.29, 0.717) is 5.33 Å². The normalized spacial score (nSPS) is 33.5. The molecule has 7 heteroatoms. The summed E-state index contributed by atoms with van der Waals surface area (Å²) in [6, 6.07) is 0. The van der Waals surface area contributed by atoms with Gasteiger partial charge in [-0.2, -0.15) is 0 Å². The van der Waals surface area contributed by atoms with Gasteiger partial charge in [-0.25, -0.2) is 0 Å². The molecule has 0 amide bonds. The Hall–Kier alpha value is -0.660. The number of hydrogen-bond acceptors (Lipinski definition) is 6. The molecule has 1 aliphatic heterocycles. The fourth-order valence-corrected chi connectivity index (χ4v) is 2.00. The summed E-state index contributed by atoms with van der Waals surface area (Å²) in [5, 5.41) is 9.87. The second kappa shape index (κ2) is 5.60. The highest BCUT2D eigenvalue weighted by Crippen LogP contribution is 2.26. The quantitative estimate of drug-likeness (QED) is 0.581. The van der Waals surface area contributed by atoms with E-state index in [4.69, 9.17) is 14.2 Å². The van der Waals surface area contributed by atoms with Gasteiger partial charge in [0.25, 0.3) is 0 Å². The Kier molecular flexibility index (Phi) is 4.69. The summed E-state index contributed by atoms with van der Waals surface area (Å²) in [6.07, 6.45) is -3.60. The fraction of sp³-hybridized carbons (Fsp3) is 0.778. The smallest absolute Gasteiger partial charge is 0.303 e. The lowest BCUT2D eigenvalue weighted by Crippen LogP contribution is -2.40. The molecule has 0 spiro atoms.